The van der Waals surface area contributed by atoms with E-state index in [4.69, 9.17) is 14.9 Å². The number of hydrogen-bond donors (Lipinski definition) is 2. The van der Waals surface area contributed by atoms with Crippen LogP contribution in [0.15, 0.2) is 42.5 Å². The molecule has 0 radical (unpaired) electrons. The zero-order chi connectivity index (χ0) is 21.8. The Hall–Kier alpha value is -2.67. The third-order valence-electron chi connectivity index (χ3n) is 4.94. The Morgan fingerprint density at radius 1 is 1.10 bits per heavy atom. The first-order valence-electron chi connectivity index (χ1n) is 9.82. The van der Waals surface area contributed by atoms with Gasteiger partial charge in [-0.05, 0) is 31.4 Å². The molecule has 7 nitrogen and oxygen atoms in total. The van der Waals surface area contributed by atoms with E-state index in [1.165, 1.54) is 0 Å². The minimum absolute atomic E-state index is 0.0508. The molecule has 1 heterocycles. The van der Waals surface area contributed by atoms with E-state index in [9.17, 15) is 14.4 Å². The van der Waals surface area contributed by atoms with Crippen molar-refractivity contribution < 1.29 is 29.3 Å². The molecular weight excluding hydrogens is 374 g/mol. The van der Waals surface area contributed by atoms with E-state index >= 15 is 0 Å². The van der Waals surface area contributed by atoms with Crippen molar-refractivity contribution in [3.05, 3.63) is 48.0 Å². The maximum absolute atomic E-state index is 12.7. The molecule has 0 aromatic heterocycles. The van der Waals surface area contributed by atoms with Gasteiger partial charge in [0.25, 0.3) is 0 Å². The second kappa shape index (κ2) is 12.7. The number of nitrogens with zero attached hydrogens (tertiary/aromatic N) is 1. The number of rotatable bonds is 7. The lowest BCUT2D eigenvalue weighted by atomic mass is 9.85. The van der Waals surface area contributed by atoms with Crippen molar-refractivity contribution in [2.24, 2.45) is 5.92 Å². The molecule has 1 aliphatic heterocycles. The second-order valence-corrected chi connectivity index (χ2v) is 7.22. The Morgan fingerprint density at radius 3 is 2.07 bits per heavy atom. The van der Waals surface area contributed by atoms with E-state index in [-0.39, 0.29) is 18.0 Å². The van der Waals surface area contributed by atoms with E-state index in [1.54, 1.807) is 0 Å². The number of likely N-dealkylation sites (tertiary alicyclic amines) is 1. The molecule has 0 spiro atoms. The number of ether oxygens (including phenoxy) is 1. The minimum atomic E-state index is -1.26. The fourth-order valence-electron chi connectivity index (χ4n) is 3.08. The molecule has 1 aromatic carbocycles. The summed E-state index contributed by atoms with van der Waals surface area (Å²) >= 11 is 0. The number of carboxylic acid groups (broad SMARTS) is 2. The van der Waals surface area contributed by atoms with Gasteiger partial charge >= 0.3 is 17.9 Å². The predicted octanol–water partition coefficient (Wildman–Crippen LogP) is 3.17. The topological polar surface area (TPSA) is 104 Å². The van der Waals surface area contributed by atoms with Gasteiger partial charge in [-0.15, -0.1) is 0 Å². The van der Waals surface area contributed by atoms with Crippen LogP contribution in [0.3, 0.4) is 0 Å². The van der Waals surface area contributed by atoms with Crippen LogP contribution in [0.1, 0.15) is 44.6 Å². The van der Waals surface area contributed by atoms with Crippen LogP contribution in [-0.2, 0) is 19.1 Å². The van der Waals surface area contributed by atoms with Crippen molar-refractivity contribution in [3.63, 3.8) is 0 Å². The maximum Gasteiger partial charge on any atom is 0.328 e. The molecule has 160 valence electrons. The van der Waals surface area contributed by atoms with E-state index in [2.05, 4.69) is 25.8 Å². The van der Waals surface area contributed by atoms with Crippen LogP contribution in [0.5, 0.6) is 0 Å². The highest BCUT2D eigenvalue weighted by atomic mass is 16.5. The van der Waals surface area contributed by atoms with Crippen molar-refractivity contribution in [3.8, 4) is 0 Å². The number of carbonyl (C=O) groups is 3. The highest BCUT2D eigenvalue weighted by molar-refractivity contribution is 5.89. The zero-order valence-corrected chi connectivity index (χ0v) is 17.3. The summed E-state index contributed by atoms with van der Waals surface area (Å²) < 4.78 is 5.81. The molecule has 2 atom stereocenters. The molecule has 2 rings (SSSR count). The van der Waals surface area contributed by atoms with Crippen LogP contribution in [-0.4, -0.2) is 59.3 Å². The number of piperidine rings is 1. The molecule has 0 saturated carbocycles. The Morgan fingerprint density at radius 2 is 1.62 bits per heavy atom. The van der Waals surface area contributed by atoms with Crippen LogP contribution >= 0.6 is 0 Å². The first kappa shape index (κ1) is 24.4. The van der Waals surface area contributed by atoms with Crippen LogP contribution < -0.4 is 0 Å². The van der Waals surface area contributed by atoms with Gasteiger partial charge in [0.15, 0.2) is 0 Å². The van der Waals surface area contributed by atoms with Crippen molar-refractivity contribution in [1.29, 1.82) is 0 Å². The molecule has 2 N–H and O–H groups in total. The summed E-state index contributed by atoms with van der Waals surface area (Å²) in [6.07, 6.45) is 4.07. The van der Waals surface area contributed by atoms with Gasteiger partial charge < -0.3 is 19.8 Å². The molecule has 1 fully saturated rings. The third-order valence-corrected chi connectivity index (χ3v) is 4.94. The lowest BCUT2D eigenvalue weighted by Crippen LogP contribution is -2.36. The molecule has 0 amide bonds. The summed E-state index contributed by atoms with van der Waals surface area (Å²) in [5, 5.41) is 15.6. The van der Waals surface area contributed by atoms with E-state index in [0.717, 1.165) is 37.9 Å². The molecule has 1 saturated heterocycles. The Balaban J connectivity index is 0.000000447. The van der Waals surface area contributed by atoms with Crippen molar-refractivity contribution in [2.45, 2.75) is 45.1 Å². The van der Waals surface area contributed by atoms with Gasteiger partial charge in [-0.3, -0.25) is 4.79 Å². The fourth-order valence-corrected chi connectivity index (χ4v) is 3.08. The smallest absolute Gasteiger partial charge is 0.328 e. The van der Waals surface area contributed by atoms with Gasteiger partial charge in [-0.1, -0.05) is 50.6 Å². The Labute approximate surface area is 172 Å². The molecular formula is C22H31NO6. The quantitative estimate of drug-likeness (QED) is 0.530. The van der Waals surface area contributed by atoms with Crippen LogP contribution in [0.4, 0.5) is 0 Å². The average molecular weight is 405 g/mol. The number of aliphatic carboxylic acids is 2. The van der Waals surface area contributed by atoms with Crippen molar-refractivity contribution in [1.82, 2.24) is 4.90 Å². The Bertz CT molecular complexity index is 664. The van der Waals surface area contributed by atoms with Gasteiger partial charge in [0.1, 0.15) is 6.10 Å². The van der Waals surface area contributed by atoms with Crippen LogP contribution in [0.25, 0.3) is 0 Å². The maximum atomic E-state index is 12.7. The highest BCUT2D eigenvalue weighted by Gasteiger charge is 2.30. The number of benzene rings is 1. The largest absolute Gasteiger partial charge is 0.478 e. The Kier molecular flexibility index (Phi) is 10.7. The minimum Gasteiger partial charge on any atom is -0.478 e. The monoisotopic (exact) mass is 405 g/mol. The van der Waals surface area contributed by atoms with E-state index < -0.39 is 11.9 Å². The molecule has 29 heavy (non-hydrogen) atoms. The summed E-state index contributed by atoms with van der Waals surface area (Å²) in [7, 11) is 2.12. The highest BCUT2D eigenvalue weighted by Crippen LogP contribution is 2.29. The third kappa shape index (κ3) is 9.38. The summed E-state index contributed by atoms with van der Waals surface area (Å²) in [6.45, 7) is 6.28. The SMILES string of the molecule is CCC(C)C(C(=O)OC1CCN(C)CC1)c1ccccc1.O=C(O)C=CC(=O)O. The number of carbonyl (C=O) groups excluding carboxylic acids is 1. The van der Waals surface area contributed by atoms with Crippen molar-refractivity contribution >= 4 is 17.9 Å². The lowest BCUT2D eigenvalue weighted by Gasteiger charge is -2.31. The zero-order valence-electron chi connectivity index (χ0n) is 17.3. The molecule has 7 heteroatoms. The molecule has 0 aliphatic carbocycles. The van der Waals surface area contributed by atoms with Gasteiger partial charge in [-0.2, -0.15) is 0 Å². The number of carboxylic acids is 2. The predicted molar refractivity (Wildman–Crippen MR) is 110 cm³/mol. The van der Waals surface area contributed by atoms with Gasteiger partial charge in [0.05, 0.1) is 5.92 Å². The van der Waals surface area contributed by atoms with E-state index in [0.29, 0.717) is 18.1 Å². The number of hydrogen-bond acceptors (Lipinski definition) is 5. The number of esters is 1. The second-order valence-electron chi connectivity index (χ2n) is 7.22. The fraction of sp³-hybridized carbons (Fsp3) is 0.500. The average Bonchev–Trinajstić information content (AvgIpc) is 2.69. The van der Waals surface area contributed by atoms with Gasteiger partial charge in [0, 0.05) is 25.2 Å². The lowest BCUT2D eigenvalue weighted by molar-refractivity contribution is -0.154. The molecule has 2 unspecified atom stereocenters. The van der Waals surface area contributed by atoms with Crippen LogP contribution in [0.2, 0.25) is 0 Å². The summed E-state index contributed by atoms with van der Waals surface area (Å²) in [4.78, 5) is 34.1. The first-order chi connectivity index (χ1) is 13.7. The standard InChI is InChI=1S/C18H27NO2.C4H4O4/c1-4-14(2)17(15-8-6-5-7-9-15)18(20)21-16-10-12-19(3)13-11-16;5-3(6)1-2-4(7)8/h5-9,14,16-17H,4,10-13H2,1-3H3;1-2H,(H,5,6)(H,7,8). The van der Waals surface area contributed by atoms with Gasteiger partial charge in [0.2, 0.25) is 0 Å². The summed E-state index contributed by atoms with van der Waals surface area (Å²) in [5.41, 5.74) is 1.07. The molecule has 1 aliphatic rings. The van der Waals surface area contributed by atoms with Crippen molar-refractivity contribution in [2.75, 3.05) is 20.1 Å². The van der Waals surface area contributed by atoms with Gasteiger partial charge in [-0.25, -0.2) is 9.59 Å². The summed E-state index contributed by atoms with van der Waals surface area (Å²) in [5.74, 6) is -2.41. The summed E-state index contributed by atoms with van der Waals surface area (Å²) in [6, 6.07) is 10.0. The normalized spacial score (nSPS) is 17.1. The molecule has 0 bridgehead atoms. The molecule has 1 aromatic rings. The van der Waals surface area contributed by atoms with E-state index in [1.807, 2.05) is 30.3 Å². The van der Waals surface area contributed by atoms with Crippen LogP contribution in [0, 0.1) is 5.92 Å². The first-order valence-corrected chi connectivity index (χ1v) is 9.82.